The molecule has 0 amide bonds. The van der Waals surface area contributed by atoms with E-state index in [9.17, 15) is 4.39 Å². The summed E-state index contributed by atoms with van der Waals surface area (Å²) in [5.74, 6) is 0.431. The van der Waals surface area contributed by atoms with Crippen LogP contribution in [0.4, 0.5) is 4.39 Å². The number of hydrogen-bond acceptors (Lipinski definition) is 2. The molecule has 2 aromatic rings. The second-order valence-electron chi connectivity index (χ2n) is 3.70. The zero-order chi connectivity index (χ0) is 12.3. The Labute approximate surface area is 107 Å². The molecule has 3 nitrogen and oxygen atoms in total. The lowest BCUT2D eigenvalue weighted by Crippen LogP contribution is -1.97. The van der Waals surface area contributed by atoms with Crippen LogP contribution < -0.4 is 4.74 Å². The van der Waals surface area contributed by atoms with Gasteiger partial charge in [-0.2, -0.15) is 5.10 Å². The van der Waals surface area contributed by atoms with Gasteiger partial charge in [-0.1, -0.05) is 15.9 Å². The van der Waals surface area contributed by atoms with Crippen molar-refractivity contribution in [2.75, 3.05) is 0 Å². The molecule has 90 valence electrons. The SMILES string of the molecule is Cn1cc(COc2ccc(F)cc2CBr)cn1. The fourth-order valence-corrected chi connectivity index (χ4v) is 1.94. The second kappa shape index (κ2) is 5.31. The number of halogens is 2. The van der Waals surface area contributed by atoms with Gasteiger partial charge in [0.15, 0.2) is 0 Å². The van der Waals surface area contributed by atoms with Crippen molar-refractivity contribution < 1.29 is 9.13 Å². The van der Waals surface area contributed by atoms with Gasteiger partial charge < -0.3 is 4.74 Å². The average Bonchev–Trinajstić information content (AvgIpc) is 2.73. The smallest absolute Gasteiger partial charge is 0.124 e. The third-order valence-corrected chi connectivity index (χ3v) is 2.92. The van der Waals surface area contributed by atoms with Crippen LogP contribution in [0.2, 0.25) is 0 Å². The van der Waals surface area contributed by atoms with Crippen molar-refractivity contribution in [3.05, 3.63) is 47.5 Å². The van der Waals surface area contributed by atoms with Gasteiger partial charge >= 0.3 is 0 Å². The lowest BCUT2D eigenvalue weighted by Gasteiger charge is -2.08. The Bertz CT molecular complexity index is 513. The third kappa shape index (κ3) is 3.06. The highest BCUT2D eigenvalue weighted by atomic mass is 79.9. The summed E-state index contributed by atoms with van der Waals surface area (Å²) < 4.78 is 20.4. The van der Waals surface area contributed by atoms with Gasteiger partial charge in [-0.25, -0.2) is 4.39 Å². The van der Waals surface area contributed by atoms with Gasteiger partial charge in [0.1, 0.15) is 18.2 Å². The quantitative estimate of drug-likeness (QED) is 0.811. The Hall–Kier alpha value is -1.36. The van der Waals surface area contributed by atoms with Crippen molar-refractivity contribution >= 4 is 15.9 Å². The fourth-order valence-electron chi connectivity index (χ4n) is 1.50. The van der Waals surface area contributed by atoms with E-state index in [-0.39, 0.29) is 5.82 Å². The van der Waals surface area contributed by atoms with Gasteiger partial charge in [-0.05, 0) is 18.2 Å². The molecule has 0 fully saturated rings. The maximum Gasteiger partial charge on any atom is 0.124 e. The molecule has 2 rings (SSSR count). The van der Waals surface area contributed by atoms with Gasteiger partial charge in [-0.3, -0.25) is 4.68 Å². The Morgan fingerprint density at radius 3 is 2.94 bits per heavy atom. The molecular formula is C12H12BrFN2O. The zero-order valence-corrected chi connectivity index (χ0v) is 10.9. The molecular weight excluding hydrogens is 287 g/mol. The van der Waals surface area contributed by atoms with E-state index >= 15 is 0 Å². The Morgan fingerprint density at radius 1 is 1.47 bits per heavy atom. The van der Waals surface area contributed by atoms with Gasteiger partial charge in [0.2, 0.25) is 0 Å². The van der Waals surface area contributed by atoms with Crippen molar-refractivity contribution in [3.63, 3.8) is 0 Å². The molecule has 0 aliphatic carbocycles. The van der Waals surface area contributed by atoms with E-state index in [1.807, 2.05) is 13.2 Å². The standard InChI is InChI=1S/C12H12BrFN2O/c1-16-7-9(6-15-16)8-17-12-3-2-11(14)4-10(12)5-13/h2-4,6-7H,5,8H2,1H3. The van der Waals surface area contributed by atoms with Gasteiger partial charge in [0, 0.05) is 29.7 Å². The molecule has 0 N–H and O–H groups in total. The normalized spacial score (nSPS) is 10.5. The molecule has 0 aliphatic rings. The highest BCUT2D eigenvalue weighted by molar-refractivity contribution is 9.08. The van der Waals surface area contributed by atoms with Crippen LogP contribution >= 0.6 is 15.9 Å². The Balaban J connectivity index is 2.08. The first-order valence-electron chi connectivity index (χ1n) is 5.14. The summed E-state index contributed by atoms with van der Waals surface area (Å²) in [7, 11) is 1.85. The summed E-state index contributed by atoms with van der Waals surface area (Å²) in [6.45, 7) is 0.430. The number of nitrogens with zero attached hydrogens (tertiary/aromatic N) is 2. The monoisotopic (exact) mass is 298 g/mol. The van der Waals surface area contributed by atoms with Crippen molar-refractivity contribution in [3.8, 4) is 5.75 Å². The minimum atomic E-state index is -0.256. The average molecular weight is 299 g/mol. The Kier molecular flexibility index (Phi) is 3.78. The number of alkyl halides is 1. The van der Waals surface area contributed by atoms with E-state index in [2.05, 4.69) is 21.0 Å². The van der Waals surface area contributed by atoms with Crippen molar-refractivity contribution in [2.24, 2.45) is 7.05 Å². The topological polar surface area (TPSA) is 27.1 Å². The summed E-state index contributed by atoms with van der Waals surface area (Å²) in [6, 6.07) is 4.50. The van der Waals surface area contributed by atoms with Crippen LogP contribution in [0.25, 0.3) is 0 Å². The largest absolute Gasteiger partial charge is 0.488 e. The maximum absolute atomic E-state index is 13.0. The fraction of sp³-hybridized carbons (Fsp3) is 0.250. The first kappa shape index (κ1) is 12.1. The molecule has 0 radical (unpaired) electrons. The Morgan fingerprint density at radius 2 is 2.29 bits per heavy atom. The third-order valence-electron chi connectivity index (χ3n) is 2.32. The van der Waals surface area contributed by atoms with E-state index in [0.29, 0.717) is 17.7 Å². The summed E-state index contributed by atoms with van der Waals surface area (Å²) in [5, 5.41) is 4.62. The number of benzene rings is 1. The van der Waals surface area contributed by atoms with Crippen LogP contribution in [0.1, 0.15) is 11.1 Å². The van der Waals surface area contributed by atoms with Crippen LogP contribution in [0.15, 0.2) is 30.6 Å². The van der Waals surface area contributed by atoms with E-state index < -0.39 is 0 Å². The van der Waals surface area contributed by atoms with Crippen LogP contribution in [0, 0.1) is 5.82 Å². The highest BCUT2D eigenvalue weighted by Crippen LogP contribution is 2.23. The molecule has 17 heavy (non-hydrogen) atoms. The number of aryl methyl sites for hydroxylation is 1. The number of rotatable bonds is 4. The van der Waals surface area contributed by atoms with Crippen LogP contribution in [-0.4, -0.2) is 9.78 Å². The molecule has 0 aliphatic heterocycles. The van der Waals surface area contributed by atoms with E-state index in [4.69, 9.17) is 4.74 Å². The predicted octanol–water partition coefficient (Wildman–Crippen LogP) is 3.03. The molecule has 1 aromatic carbocycles. The minimum absolute atomic E-state index is 0.256. The second-order valence-corrected chi connectivity index (χ2v) is 4.26. The molecule has 0 unspecified atom stereocenters. The van der Waals surface area contributed by atoms with E-state index in [0.717, 1.165) is 11.1 Å². The molecule has 0 saturated heterocycles. The highest BCUT2D eigenvalue weighted by Gasteiger charge is 2.05. The van der Waals surface area contributed by atoms with Crippen LogP contribution in [-0.2, 0) is 19.0 Å². The van der Waals surface area contributed by atoms with E-state index in [1.54, 1.807) is 16.9 Å². The van der Waals surface area contributed by atoms with Gasteiger partial charge in [0.05, 0.1) is 6.20 Å². The number of aromatic nitrogens is 2. The summed E-state index contributed by atoms with van der Waals surface area (Å²) in [6.07, 6.45) is 3.63. The molecule has 0 spiro atoms. The van der Waals surface area contributed by atoms with Crippen LogP contribution in [0.3, 0.4) is 0 Å². The number of hydrogen-bond donors (Lipinski definition) is 0. The first-order chi connectivity index (χ1) is 8.19. The van der Waals surface area contributed by atoms with Crippen LogP contribution in [0.5, 0.6) is 5.75 Å². The van der Waals surface area contributed by atoms with Crippen molar-refractivity contribution in [1.82, 2.24) is 9.78 Å². The zero-order valence-electron chi connectivity index (χ0n) is 9.36. The molecule has 0 bridgehead atoms. The summed E-state index contributed by atoms with van der Waals surface area (Å²) in [4.78, 5) is 0. The van der Waals surface area contributed by atoms with Gasteiger partial charge in [0.25, 0.3) is 0 Å². The summed E-state index contributed by atoms with van der Waals surface area (Å²) in [5.41, 5.74) is 1.78. The molecule has 0 atom stereocenters. The molecule has 1 aromatic heterocycles. The summed E-state index contributed by atoms with van der Waals surface area (Å²) >= 11 is 3.31. The number of ether oxygens (including phenoxy) is 1. The lowest BCUT2D eigenvalue weighted by atomic mass is 10.2. The molecule has 0 saturated carbocycles. The molecule has 5 heteroatoms. The van der Waals surface area contributed by atoms with Crippen molar-refractivity contribution in [2.45, 2.75) is 11.9 Å². The van der Waals surface area contributed by atoms with Gasteiger partial charge in [-0.15, -0.1) is 0 Å². The minimum Gasteiger partial charge on any atom is -0.488 e. The maximum atomic E-state index is 13.0. The lowest BCUT2D eigenvalue weighted by molar-refractivity contribution is 0.303. The predicted molar refractivity (Wildman–Crippen MR) is 66.6 cm³/mol. The van der Waals surface area contributed by atoms with Crippen molar-refractivity contribution in [1.29, 1.82) is 0 Å². The van der Waals surface area contributed by atoms with E-state index in [1.165, 1.54) is 12.1 Å². The first-order valence-corrected chi connectivity index (χ1v) is 6.26. The molecule has 1 heterocycles.